The van der Waals surface area contributed by atoms with E-state index in [1.165, 1.54) is 4.90 Å². The molecule has 1 heterocycles. The molecule has 0 spiro atoms. The fourth-order valence-electron chi connectivity index (χ4n) is 2.07. The minimum atomic E-state index is -0.655. The third-order valence-electron chi connectivity index (χ3n) is 3.09. The number of Topliss-reactive ketones (excluding diaryl/α,β-unsaturated/α-hetero) is 1. The molecule has 106 valence electrons. The maximum atomic E-state index is 12.0. The largest absolute Gasteiger partial charge is 0.355 e. The van der Waals surface area contributed by atoms with Crippen LogP contribution in [0.15, 0.2) is 22.7 Å². The smallest absolute Gasteiger partial charge is 0.299 e. The number of halogens is 1. The van der Waals surface area contributed by atoms with E-state index in [4.69, 9.17) is 0 Å². The molecule has 1 aromatic rings. The third-order valence-corrected chi connectivity index (χ3v) is 3.73. The highest BCUT2D eigenvalue weighted by molar-refractivity contribution is 9.10. The van der Waals surface area contributed by atoms with Gasteiger partial charge in [-0.3, -0.25) is 19.3 Å². The summed E-state index contributed by atoms with van der Waals surface area (Å²) in [5, 5.41) is 2.74. The number of nitrogens with one attached hydrogen (secondary N) is 1. The Kier molecular flexibility index (Phi) is 4.54. The summed E-state index contributed by atoms with van der Waals surface area (Å²) in [4.78, 5) is 36.9. The van der Waals surface area contributed by atoms with E-state index >= 15 is 0 Å². The van der Waals surface area contributed by atoms with Gasteiger partial charge in [0.15, 0.2) is 0 Å². The molecule has 6 heteroatoms. The van der Waals surface area contributed by atoms with Gasteiger partial charge in [0.2, 0.25) is 5.91 Å². The van der Waals surface area contributed by atoms with Gasteiger partial charge in [0.25, 0.3) is 11.7 Å². The average molecular weight is 339 g/mol. The van der Waals surface area contributed by atoms with Crippen LogP contribution in [0.4, 0.5) is 5.69 Å². The van der Waals surface area contributed by atoms with Crippen molar-refractivity contribution in [2.45, 2.75) is 19.8 Å². The molecule has 2 rings (SSSR count). The normalized spacial score (nSPS) is 13.6. The molecule has 5 nitrogen and oxygen atoms in total. The number of ketones is 1. The molecule has 0 fully saturated rings. The lowest BCUT2D eigenvalue weighted by Crippen LogP contribution is -2.40. The number of nitrogens with zero attached hydrogens (tertiary/aromatic N) is 1. The van der Waals surface area contributed by atoms with Gasteiger partial charge in [0.05, 0.1) is 11.3 Å². The lowest BCUT2D eigenvalue weighted by molar-refractivity contribution is -0.122. The highest BCUT2D eigenvalue weighted by Gasteiger charge is 2.37. The van der Waals surface area contributed by atoms with E-state index in [1.807, 2.05) is 6.92 Å². The van der Waals surface area contributed by atoms with Gasteiger partial charge in [-0.15, -0.1) is 0 Å². The summed E-state index contributed by atoms with van der Waals surface area (Å²) in [6.07, 6.45) is 1.87. The number of carbonyl (C=O) groups excluding carboxylic acids is 3. The molecule has 0 atom stereocenters. The second-order valence-corrected chi connectivity index (χ2v) is 5.41. The Hall–Kier alpha value is -1.69. The molecular weight excluding hydrogens is 324 g/mol. The number of hydrogen-bond donors (Lipinski definition) is 1. The quantitative estimate of drug-likeness (QED) is 0.658. The summed E-state index contributed by atoms with van der Waals surface area (Å²) in [5.41, 5.74) is 0.818. The maximum Gasteiger partial charge on any atom is 0.299 e. The molecule has 0 radical (unpaired) electrons. The lowest BCUT2D eigenvalue weighted by Gasteiger charge is -2.17. The van der Waals surface area contributed by atoms with Crippen LogP contribution < -0.4 is 10.2 Å². The molecule has 0 aromatic heterocycles. The minimum absolute atomic E-state index is 0.135. The molecule has 20 heavy (non-hydrogen) atoms. The first-order chi connectivity index (χ1) is 9.56. The van der Waals surface area contributed by atoms with Crippen molar-refractivity contribution in [1.82, 2.24) is 5.32 Å². The van der Waals surface area contributed by atoms with Gasteiger partial charge < -0.3 is 5.32 Å². The average Bonchev–Trinajstić information content (AvgIpc) is 2.66. The van der Waals surface area contributed by atoms with E-state index in [9.17, 15) is 14.4 Å². The SMILES string of the molecule is CCCCNC(=O)CN1C(=O)C(=O)c2cccc(Br)c21. The Morgan fingerprint density at radius 2 is 2.10 bits per heavy atom. The number of benzene rings is 1. The zero-order chi connectivity index (χ0) is 14.7. The number of amides is 2. The molecule has 0 unspecified atom stereocenters. The topological polar surface area (TPSA) is 66.5 Å². The van der Waals surface area contributed by atoms with Gasteiger partial charge in [-0.1, -0.05) is 19.4 Å². The van der Waals surface area contributed by atoms with Gasteiger partial charge in [-0.2, -0.15) is 0 Å². The Morgan fingerprint density at radius 1 is 1.35 bits per heavy atom. The monoisotopic (exact) mass is 338 g/mol. The van der Waals surface area contributed by atoms with Crippen LogP contribution in [0.5, 0.6) is 0 Å². The molecule has 0 bridgehead atoms. The number of anilines is 1. The van der Waals surface area contributed by atoms with E-state index in [-0.39, 0.29) is 12.5 Å². The third kappa shape index (κ3) is 2.75. The van der Waals surface area contributed by atoms with Crippen molar-refractivity contribution < 1.29 is 14.4 Å². The number of para-hydroxylation sites is 1. The molecule has 1 aliphatic rings. The Balaban J connectivity index is 2.16. The Labute approximate surface area is 125 Å². The zero-order valence-electron chi connectivity index (χ0n) is 11.1. The summed E-state index contributed by atoms with van der Waals surface area (Å²) in [7, 11) is 0. The predicted molar refractivity (Wildman–Crippen MR) is 78.7 cm³/mol. The van der Waals surface area contributed by atoms with Gasteiger partial charge >= 0.3 is 0 Å². The Bertz CT molecular complexity index is 572. The summed E-state index contributed by atoms with van der Waals surface area (Å²) in [5.74, 6) is -1.48. The van der Waals surface area contributed by atoms with Crippen LogP contribution in [0.1, 0.15) is 30.1 Å². The van der Waals surface area contributed by atoms with Crippen LogP contribution in [-0.2, 0) is 9.59 Å². The number of fused-ring (bicyclic) bond motifs is 1. The first-order valence-corrected chi connectivity index (χ1v) is 7.27. The zero-order valence-corrected chi connectivity index (χ0v) is 12.7. The second kappa shape index (κ2) is 6.17. The molecule has 1 aromatic carbocycles. The summed E-state index contributed by atoms with van der Waals surface area (Å²) in [6.45, 7) is 2.47. The van der Waals surface area contributed by atoms with Crippen molar-refractivity contribution in [1.29, 1.82) is 0 Å². The van der Waals surface area contributed by atoms with Crippen LogP contribution in [0.25, 0.3) is 0 Å². The molecule has 0 saturated heterocycles. The minimum Gasteiger partial charge on any atom is -0.355 e. The van der Waals surface area contributed by atoms with Gasteiger partial charge in [-0.25, -0.2) is 0 Å². The van der Waals surface area contributed by atoms with E-state index in [2.05, 4.69) is 21.2 Å². The molecular formula is C14H15BrN2O3. The first-order valence-electron chi connectivity index (χ1n) is 6.47. The number of rotatable bonds is 5. The second-order valence-electron chi connectivity index (χ2n) is 4.56. The van der Waals surface area contributed by atoms with Crippen LogP contribution in [0.3, 0.4) is 0 Å². The fourth-order valence-corrected chi connectivity index (χ4v) is 2.65. The van der Waals surface area contributed by atoms with Crippen molar-refractivity contribution in [2.75, 3.05) is 18.0 Å². The van der Waals surface area contributed by atoms with E-state index < -0.39 is 11.7 Å². The van der Waals surface area contributed by atoms with E-state index in [0.29, 0.717) is 22.3 Å². The summed E-state index contributed by atoms with van der Waals surface area (Å²) >= 11 is 3.32. The van der Waals surface area contributed by atoms with Crippen molar-refractivity contribution in [3.63, 3.8) is 0 Å². The van der Waals surface area contributed by atoms with Crippen molar-refractivity contribution >= 4 is 39.2 Å². The molecule has 0 saturated carbocycles. The number of carbonyl (C=O) groups is 3. The molecule has 1 N–H and O–H groups in total. The molecule has 1 aliphatic heterocycles. The summed E-state index contributed by atoms with van der Waals surface area (Å²) < 4.78 is 0.635. The van der Waals surface area contributed by atoms with Crippen LogP contribution in [0, 0.1) is 0 Å². The predicted octanol–water partition coefficient (Wildman–Crippen LogP) is 1.89. The van der Waals surface area contributed by atoms with Crippen LogP contribution in [0.2, 0.25) is 0 Å². The van der Waals surface area contributed by atoms with Crippen molar-refractivity contribution in [2.24, 2.45) is 0 Å². The highest BCUT2D eigenvalue weighted by atomic mass is 79.9. The number of hydrogen-bond acceptors (Lipinski definition) is 3. The first kappa shape index (κ1) is 14.7. The van der Waals surface area contributed by atoms with Gasteiger partial charge in [-0.05, 0) is 34.5 Å². The van der Waals surface area contributed by atoms with E-state index in [0.717, 1.165) is 12.8 Å². The van der Waals surface area contributed by atoms with Gasteiger partial charge in [0.1, 0.15) is 6.54 Å². The highest BCUT2D eigenvalue weighted by Crippen LogP contribution is 2.35. The standard InChI is InChI=1S/C14H15BrN2O3/c1-2-3-7-16-11(18)8-17-12-9(13(19)14(17)20)5-4-6-10(12)15/h4-6H,2-3,7-8H2,1H3,(H,16,18). The number of unbranched alkanes of at least 4 members (excludes halogenated alkanes) is 1. The Morgan fingerprint density at radius 3 is 2.80 bits per heavy atom. The van der Waals surface area contributed by atoms with Gasteiger partial charge in [0, 0.05) is 11.0 Å². The van der Waals surface area contributed by atoms with Crippen LogP contribution in [-0.4, -0.2) is 30.7 Å². The van der Waals surface area contributed by atoms with E-state index in [1.54, 1.807) is 18.2 Å². The molecule has 2 amide bonds. The lowest BCUT2D eigenvalue weighted by atomic mass is 10.1. The summed E-state index contributed by atoms with van der Waals surface area (Å²) in [6, 6.07) is 5.03. The molecule has 0 aliphatic carbocycles. The van der Waals surface area contributed by atoms with Crippen molar-refractivity contribution in [3.05, 3.63) is 28.2 Å². The van der Waals surface area contributed by atoms with Crippen molar-refractivity contribution in [3.8, 4) is 0 Å². The maximum absolute atomic E-state index is 12.0. The van der Waals surface area contributed by atoms with Crippen LogP contribution >= 0.6 is 15.9 Å². The fraction of sp³-hybridized carbons (Fsp3) is 0.357.